The molecule has 1 aliphatic heterocycles. The summed E-state index contributed by atoms with van der Waals surface area (Å²) >= 11 is 3.54. The zero-order chi connectivity index (χ0) is 14.0. The Bertz CT molecular complexity index is 448. The fourth-order valence-corrected chi connectivity index (χ4v) is 2.94. The molecule has 0 saturated carbocycles. The highest BCUT2D eigenvalue weighted by atomic mass is 79.9. The molecule has 1 aromatic rings. The molecule has 0 aliphatic carbocycles. The van der Waals surface area contributed by atoms with Gasteiger partial charge in [-0.25, -0.2) is 0 Å². The van der Waals surface area contributed by atoms with Gasteiger partial charge in [0.25, 0.3) is 0 Å². The highest BCUT2D eigenvalue weighted by Crippen LogP contribution is 2.28. The van der Waals surface area contributed by atoms with Crippen molar-refractivity contribution in [1.82, 2.24) is 10.2 Å². The second-order valence-electron chi connectivity index (χ2n) is 5.93. The molecule has 0 aromatic heterocycles. The van der Waals surface area contributed by atoms with Crippen LogP contribution in [0.4, 0.5) is 0 Å². The molecule has 0 bridgehead atoms. The first kappa shape index (κ1) is 14.8. The molecule has 1 fully saturated rings. The fraction of sp³-hybridized carbons (Fsp3) is 0.600. The van der Waals surface area contributed by atoms with Crippen molar-refractivity contribution in [1.29, 1.82) is 0 Å². The Morgan fingerprint density at radius 3 is 2.89 bits per heavy atom. The molecular formula is C15H23BrN2O. The summed E-state index contributed by atoms with van der Waals surface area (Å²) in [5.41, 5.74) is 1.40. The predicted octanol–water partition coefficient (Wildman–Crippen LogP) is 3.03. The van der Waals surface area contributed by atoms with Gasteiger partial charge in [-0.2, -0.15) is 0 Å². The molecule has 1 N–H and O–H groups in total. The normalized spacial score (nSPS) is 23.3. The van der Waals surface area contributed by atoms with Crippen LogP contribution >= 0.6 is 15.9 Å². The van der Waals surface area contributed by atoms with Crippen molar-refractivity contribution in [2.75, 3.05) is 20.2 Å². The van der Waals surface area contributed by atoms with E-state index in [1.807, 2.05) is 12.1 Å². The molecule has 0 radical (unpaired) electrons. The molecule has 1 atom stereocenters. The third kappa shape index (κ3) is 3.50. The van der Waals surface area contributed by atoms with Gasteiger partial charge in [-0.05, 0) is 39.0 Å². The van der Waals surface area contributed by atoms with Gasteiger partial charge >= 0.3 is 0 Å². The molecule has 19 heavy (non-hydrogen) atoms. The molecule has 4 heteroatoms. The minimum Gasteiger partial charge on any atom is -0.496 e. The number of ether oxygens (including phenoxy) is 1. The van der Waals surface area contributed by atoms with Crippen LogP contribution in [0.3, 0.4) is 0 Å². The van der Waals surface area contributed by atoms with Crippen LogP contribution in [0, 0.1) is 0 Å². The summed E-state index contributed by atoms with van der Waals surface area (Å²) in [6, 6.07) is 6.74. The lowest BCUT2D eigenvalue weighted by molar-refractivity contribution is 0.0619. The van der Waals surface area contributed by atoms with E-state index in [0.29, 0.717) is 6.04 Å². The van der Waals surface area contributed by atoms with Crippen LogP contribution in [0.2, 0.25) is 0 Å². The molecule has 0 amide bonds. The van der Waals surface area contributed by atoms with Crippen LogP contribution in [0.15, 0.2) is 22.7 Å². The van der Waals surface area contributed by atoms with Gasteiger partial charge in [-0.1, -0.05) is 15.9 Å². The zero-order valence-corrected chi connectivity index (χ0v) is 13.8. The monoisotopic (exact) mass is 326 g/mol. The van der Waals surface area contributed by atoms with Gasteiger partial charge < -0.3 is 10.1 Å². The summed E-state index contributed by atoms with van der Waals surface area (Å²) in [5.74, 6) is 0.963. The number of benzene rings is 1. The largest absolute Gasteiger partial charge is 0.496 e. The number of nitrogens with zero attached hydrogens (tertiary/aromatic N) is 1. The number of methoxy groups -OCH3 is 1. The van der Waals surface area contributed by atoms with Gasteiger partial charge in [0.05, 0.1) is 7.11 Å². The molecule has 1 saturated heterocycles. The number of piperazine rings is 1. The number of rotatable bonds is 3. The number of nitrogens with one attached hydrogen (secondary N) is 1. The highest BCUT2D eigenvalue weighted by molar-refractivity contribution is 9.10. The van der Waals surface area contributed by atoms with Crippen molar-refractivity contribution in [2.45, 2.75) is 38.9 Å². The maximum absolute atomic E-state index is 5.47. The Morgan fingerprint density at radius 2 is 2.21 bits per heavy atom. The lowest BCUT2D eigenvalue weighted by atomic mass is 9.97. The Morgan fingerprint density at radius 1 is 1.47 bits per heavy atom. The molecule has 3 nitrogen and oxygen atoms in total. The van der Waals surface area contributed by atoms with E-state index in [1.165, 1.54) is 5.56 Å². The van der Waals surface area contributed by atoms with E-state index in [0.717, 1.165) is 29.9 Å². The van der Waals surface area contributed by atoms with Crippen molar-refractivity contribution >= 4 is 15.9 Å². The Hall–Kier alpha value is -0.580. The topological polar surface area (TPSA) is 24.5 Å². The lowest BCUT2D eigenvalue weighted by Crippen LogP contribution is -2.60. The van der Waals surface area contributed by atoms with E-state index in [4.69, 9.17) is 4.74 Å². The van der Waals surface area contributed by atoms with Gasteiger partial charge in [0.15, 0.2) is 0 Å². The Labute approximate surface area is 124 Å². The summed E-state index contributed by atoms with van der Waals surface area (Å²) in [7, 11) is 1.73. The second kappa shape index (κ2) is 5.81. The first-order chi connectivity index (χ1) is 8.92. The molecule has 2 rings (SSSR count). The van der Waals surface area contributed by atoms with E-state index in [1.54, 1.807) is 7.11 Å². The van der Waals surface area contributed by atoms with Crippen molar-refractivity contribution in [3.8, 4) is 5.75 Å². The van der Waals surface area contributed by atoms with Gasteiger partial charge in [0.1, 0.15) is 5.75 Å². The van der Waals surface area contributed by atoms with Crippen molar-refractivity contribution in [3.05, 3.63) is 28.2 Å². The summed E-state index contributed by atoms with van der Waals surface area (Å²) in [6.45, 7) is 9.81. The van der Waals surface area contributed by atoms with E-state index in [-0.39, 0.29) is 5.54 Å². The summed E-state index contributed by atoms with van der Waals surface area (Å²) in [4.78, 5) is 2.53. The minimum atomic E-state index is 0.167. The van der Waals surface area contributed by atoms with Crippen molar-refractivity contribution in [3.63, 3.8) is 0 Å². The van der Waals surface area contributed by atoms with Gasteiger partial charge in [-0.15, -0.1) is 0 Å². The molecule has 106 valence electrons. The quantitative estimate of drug-likeness (QED) is 0.924. The summed E-state index contributed by atoms with van der Waals surface area (Å²) < 4.78 is 6.57. The predicted molar refractivity (Wildman–Crippen MR) is 82.6 cm³/mol. The van der Waals surface area contributed by atoms with E-state index >= 15 is 0 Å². The van der Waals surface area contributed by atoms with Crippen LogP contribution in [0.25, 0.3) is 0 Å². The Kier molecular flexibility index (Phi) is 4.54. The Balaban J connectivity index is 2.21. The van der Waals surface area contributed by atoms with Crippen LogP contribution < -0.4 is 10.1 Å². The van der Waals surface area contributed by atoms with Gasteiger partial charge in [0.2, 0.25) is 0 Å². The first-order valence-electron chi connectivity index (χ1n) is 6.73. The number of hydrogen-bond acceptors (Lipinski definition) is 3. The zero-order valence-electron chi connectivity index (χ0n) is 12.2. The average molecular weight is 327 g/mol. The molecule has 1 unspecified atom stereocenters. The molecule has 1 heterocycles. The van der Waals surface area contributed by atoms with Gasteiger partial charge in [0, 0.05) is 41.3 Å². The van der Waals surface area contributed by atoms with Crippen molar-refractivity contribution < 1.29 is 4.74 Å². The van der Waals surface area contributed by atoms with Crippen molar-refractivity contribution in [2.24, 2.45) is 0 Å². The minimum absolute atomic E-state index is 0.167. The maximum atomic E-state index is 5.47. The first-order valence-corrected chi connectivity index (χ1v) is 7.52. The molecule has 1 aromatic carbocycles. The van der Waals surface area contributed by atoms with Crippen LogP contribution in [0.1, 0.15) is 26.3 Å². The summed E-state index contributed by atoms with van der Waals surface area (Å²) in [5, 5.41) is 3.55. The highest BCUT2D eigenvalue weighted by Gasteiger charge is 2.32. The fourth-order valence-electron chi connectivity index (χ4n) is 2.53. The average Bonchev–Trinajstić information content (AvgIpc) is 2.35. The van der Waals surface area contributed by atoms with E-state index in [9.17, 15) is 0 Å². The lowest BCUT2D eigenvalue weighted by Gasteiger charge is -2.45. The third-order valence-electron chi connectivity index (χ3n) is 3.84. The molecule has 0 spiro atoms. The smallest absolute Gasteiger partial charge is 0.123 e. The van der Waals surface area contributed by atoms with Gasteiger partial charge in [-0.3, -0.25) is 4.90 Å². The number of halogens is 1. The van der Waals surface area contributed by atoms with Crippen LogP contribution in [-0.4, -0.2) is 36.7 Å². The number of hydrogen-bond donors (Lipinski definition) is 1. The SMILES string of the molecule is COc1ccc(Br)cc1CN1CC(C)NCC1(C)C. The van der Waals surface area contributed by atoms with E-state index in [2.05, 4.69) is 53.0 Å². The van der Waals surface area contributed by atoms with Crippen LogP contribution in [-0.2, 0) is 6.54 Å². The second-order valence-corrected chi connectivity index (χ2v) is 6.85. The summed E-state index contributed by atoms with van der Waals surface area (Å²) in [6.07, 6.45) is 0. The molecule has 1 aliphatic rings. The standard InChI is InChI=1S/C15H23BrN2O/c1-11-8-18(15(2,3)10-17-11)9-12-7-13(16)5-6-14(12)19-4/h5-7,11,17H,8-10H2,1-4H3. The van der Waals surface area contributed by atoms with Crippen LogP contribution in [0.5, 0.6) is 5.75 Å². The maximum Gasteiger partial charge on any atom is 0.123 e. The molecular weight excluding hydrogens is 304 g/mol. The van der Waals surface area contributed by atoms with E-state index < -0.39 is 0 Å². The third-order valence-corrected chi connectivity index (χ3v) is 4.33.